The van der Waals surface area contributed by atoms with Crippen molar-refractivity contribution >= 4 is 5.91 Å². The Balaban J connectivity index is 1.53. The van der Waals surface area contributed by atoms with Crippen LogP contribution in [0.3, 0.4) is 0 Å². The van der Waals surface area contributed by atoms with Crippen molar-refractivity contribution in [2.45, 2.75) is 25.8 Å². The van der Waals surface area contributed by atoms with E-state index < -0.39 is 0 Å². The Morgan fingerprint density at radius 2 is 1.88 bits per heavy atom. The zero-order chi connectivity index (χ0) is 17.6. The topological polar surface area (TPSA) is 68.0 Å². The van der Waals surface area contributed by atoms with E-state index in [1.165, 1.54) is 12.1 Å². The van der Waals surface area contributed by atoms with Crippen molar-refractivity contribution in [2.24, 2.45) is 0 Å². The van der Waals surface area contributed by atoms with Crippen LogP contribution in [-0.2, 0) is 11.2 Å². The first-order chi connectivity index (χ1) is 12.1. The number of amides is 1. The fourth-order valence-corrected chi connectivity index (χ4v) is 2.43. The van der Waals surface area contributed by atoms with Crippen molar-refractivity contribution < 1.29 is 13.7 Å². The minimum atomic E-state index is -0.323. The van der Waals surface area contributed by atoms with E-state index >= 15 is 0 Å². The highest BCUT2D eigenvalue weighted by atomic mass is 19.1. The molecule has 25 heavy (non-hydrogen) atoms. The molecule has 1 heterocycles. The Bertz CT molecular complexity index is 831. The van der Waals surface area contributed by atoms with Gasteiger partial charge in [-0.25, -0.2) is 4.39 Å². The Morgan fingerprint density at radius 3 is 2.60 bits per heavy atom. The molecule has 0 saturated heterocycles. The van der Waals surface area contributed by atoms with E-state index in [0.717, 1.165) is 5.56 Å². The largest absolute Gasteiger partial charge is 0.350 e. The number of hydrogen-bond acceptors (Lipinski definition) is 4. The molecule has 1 amide bonds. The van der Waals surface area contributed by atoms with Gasteiger partial charge in [-0.15, -0.1) is 0 Å². The molecule has 0 unspecified atom stereocenters. The van der Waals surface area contributed by atoms with E-state index in [-0.39, 0.29) is 24.2 Å². The van der Waals surface area contributed by atoms with E-state index in [4.69, 9.17) is 4.52 Å². The normalized spacial score (nSPS) is 11.9. The Labute approximate surface area is 144 Å². The maximum atomic E-state index is 12.9. The predicted octanol–water partition coefficient (Wildman–Crippen LogP) is 3.69. The Morgan fingerprint density at radius 1 is 1.16 bits per heavy atom. The fourth-order valence-electron chi connectivity index (χ4n) is 2.43. The number of carbonyl (C=O) groups excluding carboxylic acids is 1. The third kappa shape index (κ3) is 4.50. The van der Waals surface area contributed by atoms with Gasteiger partial charge < -0.3 is 9.84 Å². The van der Waals surface area contributed by atoms with Crippen LogP contribution >= 0.6 is 0 Å². The molecule has 0 radical (unpaired) electrons. The molecule has 1 atom stereocenters. The Hall–Kier alpha value is -3.02. The molecule has 128 valence electrons. The van der Waals surface area contributed by atoms with Crippen molar-refractivity contribution in [1.29, 1.82) is 0 Å². The lowest BCUT2D eigenvalue weighted by Crippen LogP contribution is -2.26. The van der Waals surface area contributed by atoms with Crippen LogP contribution in [0.1, 0.15) is 30.8 Å². The van der Waals surface area contributed by atoms with Gasteiger partial charge >= 0.3 is 0 Å². The van der Waals surface area contributed by atoms with Crippen LogP contribution in [-0.4, -0.2) is 16.0 Å². The summed E-state index contributed by atoms with van der Waals surface area (Å²) in [5.74, 6) is 0.351. The monoisotopic (exact) mass is 339 g/mol. The van der Waals surface area contributed by atoms with Crippen molar-refractivity contribution in [2.75, 3.05) is 0 Å². The van der Waals surface area contributed by atoms with Gasteiger partial charge in [0, 0.05) is 18.4 Å². The predicted molar refractivity (Wildman–Crippen MR) is 91.0 cm³/mol. The summed E-state index contributed by atoms with van der Waals surface area (Å²) in [6.45, 7) is 1.94. The van der Waals surface area contributed by atoms with Crippen LogP contribution < -0.4 is 5.32 Å². The van der Waals surface area contributed by atoms with Gasteiger partial charge in [-0.1, -0.05) is 35.5 Å². The molecule has 1 N–H and O–H groups in total. The quantitative estimate of drug-likeness (QED) is 0.744. The van der Waals surface area contributed by atoms with E-state index in [2.05, 4.69) is 15.5 Å². The van der Waals surface area contributed by atoms with Crippen LogP contribution in [0.15, 0.2) is 59.1 Å². The lowest BCUT2D eigenvalue weighted by molar-refractivity contribution is -0.121. The molecule has 0 aliphatic rings. The molecular formula is C19H18FN3O2. The summed E-state index contributed by atoms with van der Waals surface area (Å²) in [4.78, 5) is 16.3. The average Bonchev–Trinajstić information content (AvgIpc) is 3.10. The zero-order valence-corrected chi connectivity index (χ0v) is 13.8. The second-order valence-corrected chi connectivity index (χ2v) is 5.72. The lowest BCUT2D eigenvalue weighted by Gasteiger charge is -2.13. The van der Waals surface area contributed by atoms with Gasteiger partial charge in [-0.05, 0) is 36.8 Å². The summed E-state index contributed by atoms with van der Waals surface area (Å²) >= 11 is 0. The second kappa shape index (κ2) is 7.70. The number of aryl methyl sites for hydroxylation is 1. The fraction of sp³-hybridized carbons (Fsp3) is 0.211. The van der Waals surface area contributed by atoms with E-state index in [9.17, 15) is 9.18 Å². The molecule has 2 aromatic carbocycles. The molecule has 5 nitrogen and oxygen atoms in total. The summed E-state index contributed by atoms with van der Waals surface area (Å²) in [7, 11) is 0. The van der Waals surface area contributed by atoms with Crippen molar-refractivity contribution in [3.8, 4) is 11.4 Å². The van der Waals surface area contributed by atoms with Crippen LogP contribution in [0.4, 0.5) is 4.39 Å². The highest BCUT2D eigenvalue weighted by Crippen LogP contribution is 2.17. The van der Waals surface area contributed by atoms with Crippen molar-refractivity contribution in [3.05, 3.63) is 71.9 Å². The van der Waals surface area contributed by atoms with E-state index in [1.54, 1.807) is 12.1 Å². The molecule has 0 aliphatic carbocycles. The first-order valence-electron chi connectivity index (χ1n) is 8.04. The van der Waals surface area contributed by atoms with Gasteiger partial charge in [-0.2, -0.15) is 4.98 Å². The minimum Gasteiger partial charge on any atom is -0.350 e. The number of halogens is 1. The molecular weight excluding hydrogens is 321 g/mol. The van der Waals surface area contributed by atoms with Crippen molar-refractivity contribution in [3.63, 3.8) is 0 Å². The summed E-state index contributed by atoms with van der Waals surface area (Å²) in [6, 6.07) is 15.5. The smallest absolute Gasteiger partial charge is 0.227 e. The highest BCUT2D eigenvalue weighted by Gasteiger charge is 2.13. The standard InChI is InChI=1S/C19H18FN3O2/c1-13(14-5-3-2-4-6-14)21-17(24)11-12-18-22-19(23-25-18)15-7-9-16(20)10-8-15/h2-10,13H,11-12H2,1H3,(H,21,24)/t13-/m0/s1. The number of aromatic nitrogens is 2. The molecule has 0 bridgehead atoms. The molecule has 6 heteroatoms. The van der Waals surface area contributed by atoms with Gasteiger partial charge in [0.2, 0.25) is 17.6 Å². The van der Waals surface area contributed by atoms with Gasteiger partial charge in [0.1, 0.15) is 5.82 Å². The molecule has 0 spiro atoms. The highest BCUT2D eigenvalue weighted by molar-refractivity contribution is 5.76. The minimum absolute atomic E-state index is 0.0637. The zero-order valence-electron chi connectivity index (χ0n) is 13.8. The average molecular weight is 339 g/mol. The Kier molecular flexibility index (Phi) is 5.18. The molecule has 0 saturated carbocycles. The first kappa shape index (κ1) is 16.8. The second-order valence-electron chi connectivity index (χ2n) is 5.72. The van der Waals surface area contributed by atoms with Crippen molar-refractivity contribution in [1.82, 2.24) is 15.5 Å². The number of nitrogens with one attached hydrogen (secondary N) is 1. The maximum Gasteiger partial charge on any atom is 0.227 e. The van der Waals surface area contributed by atoms with Crippen LogP contribution in [0.25, 0.3) is 11.4 Å². The molecule has 0 fully saturated rings. The van der Waals surface area contributed by atoms with Gasteiger partial charge in [0.05, 0.1) is 6.04 Å². The molecule has 0 aliphatic heterocycles. The summed E-state index contributed by atoms with van der Waals surface area (Å²) < 4.78 is 18.1. The third-order valence-electron chi connectivity index (χ3n) is 3.81. The van der Waals surface area contributed by atoms with Crippen LogP contribution in [0.2, 0.25) is 0 Å². The number of rotatable bonds is 6. The van der Waals surface area contributed by atoms with Gasteiger partial charge in [0.15, 0.2) is 0 Å². The van der Waals surface area contributed by atoms with Gasteiger partial charge in [-0.3, -0.25) is 4.79 Å². The number of hydrogen-bond donors (Lipinski definition) is 1. The van der Waals surface area contributed by atoms with Gasteiger partial charge in [0.25, 0.3) is 0 Å². The molecule has 3 rings (SSSR count). The summed E-state index contributed by atoms with van der Waals surface area (Å²) in [5, 5.41) is 6.80. The number of benzene rings is 2. The molecule has 1 aromatic heterocycles. The SMILES string of the molecule is C[C@H](NC(=O)CCc1nc(-c2ccc(F)cc2)no1)c1ccccc1. The summed E-state index contributed by atoms with van der Waals surface area (Å²) in [5.41, 5.74) is 1.71. The maximum absolute atomic E-state index is 12.9. The number of nitrogens with zero attached hydrogens (tertiary/aromatic N) is 2. The van der Waals surface area contributed by atoms with Crippen LogP contribution in [0.5, 0.6) is 0 Å². The van der Waals surface area contributed by atoms with E-state index in [0.29, 0.717) is 23.7 Å². The summed E-state index contributed by atoms with van der Waals surface area (Å²) in [6.07, 6.45) is 0.601. The first-order valence-corrected chi connectivity index (χ1v) is 8.04. The number of carbonyl (C=O) groups is 1. The molecule has 3 aromatic rings. The van der Waals surface area contributed by atoms with E-state index in [1.807, 2.05) is 37.3 Å². The third-order valence-corrected chi connectivity index (χ3v) is 3.81. The van der Waals surface area contributed by atoms with Crippen LogP contribution in [0, 0.1) is 5.82 Å². The lowest BCUT2D eigenvalue weighted by atomic mass is 10.1.